The van der Waals surface area contributed by atoms with Gasteiger partial charge in [0.05, 0.1) is 4.90 Å². The van der Waals surface area contributed by atoms with Gasteiger partial charge in [-0.25, -0.2) is 13.2 Å². The number of aromatic hydroxyl groups is 1. The summed E-state index contributed by atoms with van der Waals surface area (Å²) >= 11 is 0. The Morgan fingerprint density at radius 1 is 0.952 bits per heavy atom. The zero-order valence-corrected chi connectivity index (χ0v) is 11.5. The average Bonchev–Trinajstić information content (AvgIpc) is 2.48. The molecule has 3 aromatic rings. The van der Waals surface area contributed by atoms with E-state index < -0.39 is 20.4 Å². The number of benzene rings is 2. The van der Waals surface area contributed by atoms with E-state index in [-0.39, 0.29) is 16.2 Å². The molecular formula is C15H10O5S. The van der Waals surface area contributed by atoms with Crippen LogP contribution in [-0.2, 0) is 9.84 Å². The highest BCUT2D eigenvalue weighted by molar-refractivity contribution is 7.91. The highest BCUT2D eigenvalue weighted by Crippen LogP contribution is 2.26. The zero-order chi connectivity index (χ0) is 15.0. The Balaban J connectivity index is 2.31. The van der Waals surface area contributed by atoms with Gasteiger partial charge in [0.25, 0.3) is 0 Å². The van der Waals surface area contributed by atoms with Crippen LogP contribution in [0.3, 0.4) is 0 Å². The lowest BCUT2D eigenvalue weighted by Crippen LogP contribution is -2.14. The molecular weight excluding hydrogens is 292 g/mol. The first-order valence-corrected chi connectivity index (χ1v) is 7.54. The molecule has 6 heteroatoms. The molecule has 0 unspecified atom stereocenters. The molecule has 0 fully saturated rings. The molecule has 106 valence electrons. The van der Waals surface area contributed by atoms with Crippen molar-refractivity contribution in [3.05, 3.63) is 65.0 Å². The molecule has 0 amide bonds. The Morgan fingerprint density at radius 2 is 1.67 bits per heavy atom. The average molecular weight is 302 g/mol. The monoisotopic (exact) mass is 302 g/mol. The quantitative estimate of drug-likeness (QED) is 0.734. The van der Waals surface area contributed by atoms with E-state index in [0.29, 0.717) is 5.39 Å². The number of sulfone groups is 1. The Kier molecular flexibility index (Phi) is 3.03. The maximum Gasteiger partial charge on any atom is 0.355 e. The summed E-state index contributed by atoms with van der Waals surface area (Å²) < 4.78 is 29.9. The van der Waals surface area contributed by atoms with E-state index in [9.17, 15) is 18.3 Å². The fraction of sp³-hybridized carbons (Fsp3) is 0. The first-order chi connectivity index (χ1) is 10.00. The number of hydrogen-bond acceptors (Lipinski definition) is 5. The summed E-state index contributed by atoms with van der Waals surface area (Å²) in [4.78, 5) is 11.5. The Hall–Kier alpha value is -2.60. The summed E-state index contributed by atoms with van der Waals surface area (Å²) in [5.41, 5.74) is -1.04. The van der Waals surface area contributed by atoms with Crippen LogP contribution in [0.25, 0.3) is 11.0 Å². The van der Waals surface area contributed by atoms with Crippen LogP contribution in [0.1, 0.15) is 0 Å². The Morgan fingerprint density at radius 3 is 2.38 bits per heavy atom. The van der Waals surface area contributed by atoms with Crippen molar-refractivity contribution in [1.29, 1.82) is 0 Å². The Labute approximate surface area is 120 Å². The molecule has 0 spiro atoms. The summed E-state index contributed by atoms with van der Waals surface area (Å²) in [7, 11) is -3.96. The number of fused-ring (bicyclic) bond motifs is 1. The second-order valence-corrected chi connectivity index (χ2v) is 6.33. The molecule has 1 aromatic heterocycles. The van der Waals surface area contributed by atoms with Gasteiger partial charge < -0.3 is 9.52 Å². The molecule has 0 aliphatic carbocycles. The minimum Gasteiger partial charge on any atom is -0.504 e. The molecule has 0 saturated carbocycles. The van der Waals surface area contributed by atoms with Gasteiger partial charge in [-0.15, -0.1) is 0 Å². The van der Waals surface area contributed by atoms with Crippen LogP contribution < -0.4 is 5.63 Å². The largest absolute Gasteiger partial charge is 0.504 e. The minimum atomic E-state index is -3.96. The molecule has 0 aliphatic rings. The van der Waals surface area contributed by atoms with E-state index in [1.807, 2.05) is 0 Å². The van der Waals surface area contributed by atoms with Gasteiger partial charge in [-0.1, -0.05) is 30.3 Å². The van der Waals surface area contributed by atoms with Gasteiger partial charge in [-0.05, 0) is 24.3 Å². The van der Waals surface area contributed by atoms with Crippen molar-refractivity contribution in [2.75, 3.05) is 0 Å². The standard InChI is InChI=1S/C15H10O5S/c16-12-8-4-5-10-9-13(15(17)20-14(10)12)21(18,19)11-6-2-1-3-7-11/h1-9,16H. The summed E-state index contributed by atoms with van der Waals surface area (Å²) in [6.45, 7) is 0. The first-order valence-electron chi connectivity index (χ1n) is 6.06. The molecule has 5 nitrogen and oxygen atoms in total. The summed E-state index contributed by atoms with van der Waals surface area (Å²) in [6.07, 6.45) is 0. The van der Waals surface area contributed by atoms with Crippen molar-refractivity contribution in [1.82, 2.24) is 0 Å². The van der Waals surface area contributed by atoms with Gasteiger partial charge in [-0.3, -0.25) is 0 Å². The van der Waals surface area contributed by atoms with Crippen molar-refractivity contribution in [2.45, 2.75) is 9.79 Å². The molecule has 1 N–H and O–H groups in total. The van der Waals surface area contributed by atoms with E-state index in [0.717, 1.165) is 0 Å². The van der Waals surface area contributed by atoms with Crippen molar-refractivity contribution in [3.63, 3.8) is 0 Å². The number of phenolic OH excluding ortho intramolecular Hbond substituents is 1. The first kappa shape index (κ1) is 13.4. The van der Waals surface area contributed by atoms with Crippen LogP contribution in [0.2, 0.25) is 0 Å². The molecule has 0 bridgehead atoms. The normalized spacial score (nSPS) is 11.6. The second kappa shape index (κ2) is 4.75. The van der Waals surface area contributed by atoms with E-state index in [1.54, 1.807) is 24.3 Å². The van der Waals surface area contributed by atoms with Crippen LogP contribution >= 0.6 is 0 Å². The fourth-order valence-corrected chi connectivity index (χ4v) is 3.34. The Bertz CT molecular complexity index is 972. The molecule has 0 atom stereocenters. The summed E-state index contributed by atoms with van der Waals surface area (Å²) in [6, 6.07) is 13.3. The maximum absolute atomic E-state index is 12.5. The van der Waals surface area contributed by atoms with Gasteiger partial charge in [0.1, 0.15) is 0 Å². The second-order valence-electron chi connectivity index (χ2n) is 4.41. The highest BCUT2D eigenvalue weighted by Gasteiger charge is 2.23. The van der Waals surface area contributed by atoms with Crippen molar-refractivity contribution < 1.29 is 17.9 Å². The number of para-hydroxylation sites is 1. The van der Waals surface area contributed by atoms with Gasteiger partial charge >= 0.3 is 5.63 Å². The van der Waals surface area contributed by atoms with Crippen LogP contribution in [0.5, 0.6) is 5.75 Å². The smallest absolute Gasteiger partial charge is 0.355 e. The third-order valence-corrected chi connectivity index (χ3v) is 4.81. The molecule has 21 heavy (non-hydrogen) atoms. The maximum atomic E-state index is 12.5. The van der Waals surface area contributed by atoms with Gasteiger partial charge in [-0.2, -0.15) is 0 Å². The number of hydrogen-bond donors (Lipinski definition) is 1. The molecule has 1 heterocycles. The van der Waals surface area contributed by atoms with E-state index in [4.69, 9.17) is 4.42 Å². The fourth-order valence-electron chi connectivity index (χ4n) is 2.02. The summed E-state index contributed by atoms with van der Waals surface area (Å²) in [5.74, 6) is -0.215. The molecule has 0 radical (unpaired) electrons. The van der Waals surface area contributed by atoms with Crippen molar-refractivity contribution >= 4 is 20.8 Å². The molecule has 3 rings (SSSR count). The number of phenols is 1. The topological polar surface area (TPSA) is 84.6 Å². The third kappa shape index (κ3) is 2.19. The lowest BCUT2D eigenvalue weighted by atomic mass is 10.2. The van der Waals surface area contributed by atoms with Crippen molar-refractivity contribution in [2.24, 2.45) is 0 Å². The SMILES string of the molecule is O=c1oc2c(O)cccc2cc1S(=O)(=O)c1ccccc1. The van der Waals surface area contributed by atoms with E-state index in [2.05, 4.69) is 0 Å². The summed E-state index contributed by atoms with van der Waals surface area (Å²) in [5, 5.41) is 9.96. The van der Waals surface area contributed by atoms with E-state index >= 15 is 0 Å². The van der Waals surface area contributed by atoms with Crippen LogP contribution in [0.4, 0.5) is 0 Å². The third-order valence-electron chi connectivity index (χ3n) is 3.05. The van der Waals surface area contributed by atoms with Crippen LogP contribution in [0, 0.1) is 0 Å². The highest BCUT2D eigenvalue weighted by atomic mass is 32.2. The minimum absolute atomic E-state index is 0.0109. The van der Waals surface area contributed by atoms with Gasteiger partial charge in [0.15, 0.2) is 16.2 Å². The van der Waals surface area contributed by atoms with E-state index in [1.165, 1.54) is 30.3 Å². The van der Waals surface area contributed by atoms with Crippen LogP contribution in [0.15, 0.2) is 73.6 Å². The lowest BCUT2D eigenvalue weighted by Gasteiger charge is -2.05. The molecule has 0 aliphatic heterocycles. The van der Waals surface area contributed by atoms with Crippen LogP contribution in [-0.4, -0.2) is 13.5 Å². The molecule has 0 saturated heterocycles. The van der Waals surface area contributed by atoms with Gasteiger partial charge in [0, 0.05) is 5.39 Å². The van der Waals surface area contributed by atoms with Gasteiger partial charge in [0.2, 0.25) is 9.84 Å². The lowest BCUT2D eigenvalue weighted by molar-refractivity contribution is 0.453. The van der Waals surface area contributed by atoms with Crippen molar-refractivity contribution in [3.8, 4) is 5.75 Å². The predicted molar refractivity (Wildman–Crippen MR) is 76.0 cm³/mol. The number of rotatable bonds is 2. The molecule has 2 aromatic carbocycles. The zero-order valence-electron chi connectivity index (χ0n) is 10.7. The predicted octanol–water partition coefficient (Wildman–Crippen LogP) is 2.33.